The van der Waals surface area contributed by atoms with Crippen LogP contribution in [0, 0.1) is 4.91 Å². The summed E-state index contributed by atoms with van der Waals surface area (Å²) in [7, 11) is 0. The average molecular weight is 73.1 g/mol. The fourth-order valence-corrected chi connectivity index (χ4v) is 0.0913. The van der Waals surface area contributed by atoms with Crippen LogP contribution in [0.15, 0.2) is 0 Å². The molecule has 0 spiro atoms. The van der Waals surface area contributed by atoms with Crippen LogP contribution >= 0.6 is 0 Å². The molecule has 29 valence electrons. The summed E-state index contributed by atoms with van der Waals surface area (Å²) in [5.41, 5.74) is 0. The number of nitrogens with zero attached hydrogens (tertiary/aromatic N) is 1. The van der Waals surface area contributed by atoms with Gasteiger partial charge >= 0.3 is 5.18 Å². The Bertz CT molecular complexity index is 28.1. The third kappa shape index (κ3) is 3.60. The monoisotopic (exact) mass is 73.1 g/mol. The fraction of sp³-hybridized carbons (Fsp3) is 1.00. The largest absolute Gasteiger partial charge is 0.304 e. The van der Waals surface area contributed by atoms with Gasteiger partial charge in [0.2, 0.25) is 0 Å². The molecule has 0 heterocycles. The van der Waals surface area contributed by atoms with Crippen molar-refractivity contribution < 1.29 is 0 Å². The summed E-state index contributed by atoms with van der Waals surface area (Å²) < 4.78 is 0. The van der Waals surface area contributed by atoms with Gasteiger partial charge in [0, 0.05) is 6.42 Å². The SMILES string of the molecule is CCC[N+]=O. The van der Waals surface area contributed by atoms with E-state index in [2.05, 4.69) is 5.18 Å². The zero-order valence-corrected chi connectivity index (χ0v) is 3.27. The molecule has 0 rings (SSSR count). The van der Waals surface area contributed by atoms with Crippen molar-refractivity contribution in [1.29, 1.82) is 0 Å². The Kier molecular flexibility index (Phi) is 3.31. The van der Waals surface area contributed by atoms with Gasteiger partial charge in [-0.3, -0.25) is 0 Å². The van der Waals surface area contributed by atoms with E-state index in [9.17, 15) is 0 Å². The lowest BCUT2D eigenvalue weighted by atomic mass is 10.5. The molecule has 0 amide bonds. The van der Waals surface area contributed by atoms with E-state index in [0.717, 1.165) is 6.42 Å². The van der Waals surface area contributed by atoms with Gasteiger partial charge in [0.05, 0.1) is 4.91 Å². The van der Waals surface area contributed by atoms with Crippen molar-refractivity contribution in [1.82, 2.24) is 5.18 Å². The molecular formula is C3H7NO+. The Morgan fingerprint density at radius 2 is 2.40 bits per heavy atom. The maximum atomic E-state index is 9.15. The summed E-state index contributed by atoms with van der Waals surface area (Å²) in [4.78, 5) is 9.15. The highest BCUT2D eigenvalue weighted by Gasteiger charge is 1.84. The van der Waals surface area contributed by atoms with E-state index in [1.807, 2.05) is 6.92 Å². The summed E-state index contributed by atoms with van der Waals surface area (Å²) in [6, 6.07) is 0. The molecule has 0 aromatic carbocycles. The standard InChI is InChI=1S/C3H7NO/c1-2-3-4-5/h2-3H2,1H3/q+1. The molecule has 0 aromatic heterocycles. The van der Waals surface area contributed by atoms with Crippen LogP contribution in [0.1, 0.15) is 13.3 Å². The van der Waals surface area contributed by atoms with Crippen molar-refractivity contribution in [3.63, 3.8) is 0 Å². The van der Waals surface area contributed by atoms with Crippen molar-refractivity contribution in [2.24, 2.45) is 0 Å². The second-order valence-corrected chi connectivity index (χ2v) is 0.853. The zero-order valence-electron chi connectivity index (χ0n) is 3.27. The van der Waals surface area contributed by atoms with Gasteiger partial charge < -0.3 is 0 Å². The summed E-state index contributed by atoms with van der Waals surface area (Å²) in [5, 5.41) is 2.60. The van der Waals surface area contributed by atoms with Crippen LogP contribution in [-0.4, -0.2) is 6.54 Å². The van der Waals surface area contributed by atoms with Gasteiger partial charge in [0.1, 0.15) is 0 Å². The minimum Gasteiger partial charge on any atom is -0.0589 e. The Balaban J connectivity index is 2.40. The van der Waals surface area contributed by atoms with Gasteiger partial charge in [-0.1, -0.05) is 6.92 Å². The average Bonchev–Trinajstić information content (AvgIpc) is 1.41. The Labute approximate surface area is 31.2 Å². The summed E-state index contributed by atoms with van der Waals surface area (Å²) >= 11 is 0. The lowest BCUT2D eigenvalue weighted by molar-refractivity contribution is 0.859. The van der Waals surface area contributed by atoms with Crippen LogP contribution in [0.25, 0.3) is 0 Å². The Morgan fingerprint density at radius 3 is 2.40 bits per heavy atom. The molecule has 0 saturated carbocycles. The first-order valence-electron chi connectivity index (χ1n) is 1.71. The van der Waals surface area contributed by atoms with Crippen LogP contribution in [-0.2, 0) is 0 Å². The van der Waals surface area contributed by atoms with E-state index in [1.54, 1.807) is 0 Å². The highest BCUT2D eigenvalue weighted by atomic mass is 16.3. The van der Waals surface area contributed by atoms with Crippen molar-refractivity contribution in [3.8, 4) is 0 Å². The number of hydrogen-bond acceptors (Lipinski definition) is 2. The molecule has 0 saturated heterocycles. The lowest BCUT2D eigenvalue weighted by Crippen LogP contribution is -1.82. The van der Waals surface area contributed by atoms with Gasteiger partial charge in [0.25, 0.3) is 6.54 Å². The molecule has 0 aromatic rings. The van der Waals surface area contributed by atoms with Gasteiger partial charge in [-0.2, -0.15) is 0 Å². The van der Waals surface area contributed by atoms with E-state index in [-0.39, 0.29) is 0 Å². The third-order valence-corrected chi connectivity index (χ3v) is 0.315. The first-order valence-corrected chi connectivity index (χ1v) is 1.71. The van der Waals surface area contributed by atoms with E-state index in [1.165, 1.54) is 0 Å². The normalized spacial score (nSPS) is 7.40. The second kappa shape index (κ2) is 3.60. The minimum atomic E-state index is 0.458. The van der Waals surface area contributed by atoms with Crippen molar-refractivity contribution in [3.05, 3.63) is 4.91 Å². The van der Waals surface area contributed by atoms with E-state index in [4.69, 9.17) is 4.91 Å². The molecule has 2 nitrogen and oxygen atoms in total. The van der Waals surface area contributed by atoms with Crippen molar-refractivity contribution >= 4 is 0 Å². The van der Waals surface area contributed by atoms with Crippen molar-refractivity contribution in [2.75, 3.05) is 6.54 Å². The highest BCUT2D eigenvalue weighted by molar-refractivity contribution is 4.25. The molecule has 0 aliphatic heterocycles. The molecular weight excluding hydrogens is 66.0 g/mol. The van der Waals surface area contributed by atoms with Gasteiger partial charge in [-0.25, -0.2) is 0 Å². The van der Waals surface area contributed by atoms with E-state index >= 15 is 0 Å². The smallest absolute Gasteiger partial charge is 0.0589 e. The molecule has 0 aliphatic rings. The maximum absolute atomic E-state index is 9.15. The lowest BCUT2D eigenvalue weighted by Gasteiger charge is -1.53. The molecule has 0 N–H and O–H groups in total. The second-order valence-electron chi connectivity index (χ2n) is 0.853. The number of nitroso groups, excluding NO2 is 1. The summed E-state index contributed by atoms with van der Waals surface area (Å²) in [6.07, 6.45) is 0.865. The predicted molar refractivity (Wildman–Crippen MR) is 20.7 cm³/mol. The van der Waals surface area contributed by atoms with E-state index < -0.39 is 0 Å². The van der Waals surface area contributed by atoms with Crippen LogP contribution < -0.4 is 5.18 Å². The maximum Gasteiger partial charge on any atom is 0.304 e. The van der Waals surface area contributed by atoms with Gasteiger partial charge in [-0.05, 0) is 0 Å². The molecule has 2 heteroatoms. The topological polar surface area (TPSA) is 31.2 Å². The van der Waals surface area contributed by atoms with Crippen molar-refractivity contribution in [2.45, 2.75) is 13.3 Å². The van der Waals surface area contributed by atoms with Gasteiger partial charge in [-0.15, -0.1) is 0 Å². The molecule has 5 heavy (non-hydrogen) atoms. The quantitative estimate of drug-likeness (QED) is 0.468. The highest BCUT2D eigenvalue weighted by Crippen LogP contribution is 1.62. The van der Waals surface area contributed by atoms with Gasteiger partial charge in [0.15, 0.2) is 0 Å². The molecule has 0 unspecified atom stereocenters. The summed E-state index contributed by atoms with van der Waals surface area (Å²) in [5.74, 6) is 0. The van der Waals surface area contributed by atoms with Crippen LogP contribution in [0.3, 0.4) is 0 Å². The first-order chi connectivity index (χ1) is 2.41. The van der Waals surface area contributed by atoms with E-state index in [0.29, 0.717) is 6.54 Å². The molecule has 0 bridgehead atoms. The van der Waals surface area contributed by atoms with Crippen LogP contribution in [0.5, 0.6) is 0 Å². The molecule has 0 atom stereocenters. The predicted octanol–water partition coefficient (Wildman–Crippen LogP) is 0.499. The molecule has 1 radical (unpaired) electrons. The minimum absolute atomic E-state index is 0.458. The Morgan fingerprint density at radius 1 is 1.80 bits per heavy atom. The van der Waals surface area contributed by atoms with Crippen LogP contribution in [0.2, 0.25) is 0 Å². The fourth-order valence-electron chi connectivity index (χ4n) is 0.0913. The zero-order chi connectivity index (χ0) is 4.12. The first kappa shape index (κ1) is 4.60. The molecule has 0 fully saturated rings. The number of hydrogen-bond donors (Lipinski definition) is 0. The third-order valence-electron chi connectivity index (χ3n) is 0.315. The summed E-state index contributed by atoms with van der Waals surface area (Å²) in [6.45, 7) is 2.38. The van der Waals surface area contributed by atoms with Crippen LogP contribution in [0.4, 0.5) is 0 Å². The molecule has 0 aliphatic carbocycles. The number of rotatable bonds is 2. The Hall–Kier alpha value is -0.400.